The fourth-order valence-electron chi connectivity index (χ4n) is 3.37. The summed E-state index contributed by atoms with van der Waals surface area (Å²) in [5.41, 5.74) is 4.69. The highest BCUT2D eigenvalue weighted by Gasteiger charge is 2.26. The van der Waals surface area contributed by atoms with Crippen LogP contribution in [0.5, 0.6) is 0 Å². The minimum Gasteiger partial charge on any atom is -0.371 e. The van der Waals surface area contributed by atoms with Gasteiger partial charge in [0.25, 0.3) is 0 Å². The molecule has 19 heavy (non-hydrogen) atoms. The molecule has 1 aromatic carbocycles. The lowest BCUT2D eigenvalue weighted by atomic mass is 9.85. The van der Waals surface area contributed by atoms with E-state index in [0.717, 1.165) is 12.3 Å². The number of rotatable bonds is 5. The van der Waals surface area contributed by atoms with Gasteiger partial charge in [-0.3, -0.25) is 0 Å². The third-order valence-corrected chi connectivity index (χ3v) is 4.94. The highest BCUT2D eigenvalue weighted by molar-refractivity contribution is 5.61. The molecule has 104 valence electrons. The number of nitrogens with one attached hydrogen (secondary N) is 1. The average molecular weight is 258 g/mol. The van der Waals surface area contributed by atoms with Crippen LogP contribution in [-0.2, 0) is 12.8 Å². The third kappa shape index (κ3) is 2.64. The molecule has 1 N–H and O–H groups in total. The maximum atomic E-state index is 3.35. The number of fused-ring (bicyclic) bond motifs is 1. The molecule has 1 fully saturated rings. The van der Waals surface area contributed by atoms with Crippen LogP contribution in [0.1, 0.15) is 37.3 Å². The molecule has 1 aromatic rings. The van der Waals surface area contributed by atoms with Crippen molar-refractivity contribution >= 4 is 5.69 Å². The summed E-state index contributed by atoms with van der Waals surface area (Å²) in [5, 5.41) is 3.35. The molecular weight excluding hydrogens is 232 g/mol. The van der Waals surface area contributed by atoms with E-state index >= 15 is 0 Å². The molecule has 1 unspecified atom stereocenters. The van der Waals surface area contributed by atoms with Crippen LogP contribution in [0, 0.1) is 5.92 Å². The van der Waals surface area contributed by atoms with E-state index in [9.17, 15) is 0 Å². The van der Waals surface area contributed by atoms with Crippen molar-refractivity contribution in [2.24, 2.45) is 5.92 Å². The van der Waals surface area contributed by atoms with Crippen LogP contribution < -0.4 is 10.2 Å². The topological polar surface area (TPSA) is 15.3 Å². The van der Waals surface area contributed by atoms with Crippen molar-refractivity contribution in [2.75, 3.05) is 25.0 Å². The Morgan fingerprint density at radius 3 is 2.89 bits per heavy atom. The van der Waals surface area contributed by atoms with Gasteiger partial charge < -0.3 is 10.2 Å². The second kappa shape index (κ2) is 5.54. The first-order chi connectivity index (χ1) is 9.28. The Morgan fingerprint density at radius 1 is 1.37 bits per heavy atom. The lowest BCUT2D eigenvalue weighted by Gasteiger charge is -2.31. The van der Waals surface area contributed by atoms with Crippen molar-refractivity contribution in [3.63, 3.8) is 0 Å². The molecule has 2 nitrogen and oxygen atoms in total. The SMILES string of the molecule is CNC(C)Cc1cccc2c1CCN2CC1CCC1. The van der Waals surface area contributed by atoms with Gasteiger partial charge in [-0.1, -0.05) is 18.6 Å². The molecule has 1 aliphatic heterocycles. The van der Waals surface area contributed by atoms with Gasteiger partial charge in [-0.25, -0.2) is 0 Å². The molecule has 0 saturated heterocycles. The van der Waals surface area contributed by atoms with Crippen LogP contribution in [0.4, 0.5) is 5.69 Å². The Kier molecular flexibility index (Phi) is 3.79. The number of benzene rings is 1. The molecular formula is C17H26N2. The minimum atomic E-state index is 0.562. The van der Waals surface area contributed by atoms with Gasteiger partial charge in [0.05, 0.1) is 0 Å². The summed E-state index contributed by atoms with van der Waals surface area (Å²) in [6.07, 6.45) is 6.74. The Bertz CT molecular complexity index is 437. The fraction of sp³-hybridized carbons (Fsp3) is 0.647. The fourth-order valence-corrected chi connectivity index (χ4v) is 3.37. The van der Waals surface area contributed by atoms with Gasteiger partial charge in [0.15, 0.2) is 0 Å². The van der Waals surface area contributed by atoms with Crippen LogP contribution in [-0.4, -0.2) is 26.2 Å². The Balaban J connectivity index is 1.75. The smallest absolute Gasteiger partial charge is 0.0402 e. The molecule has 3 rings (SSSR count). The number of nitrogens with zero attached hydrogens (tertiary/aromatic N) is 1. The molecule has 0 radical (unpaired) electrons. The molecule has 1 saturated carbocycles. The van der Waals surface area contributed by atoms with Gasteiger partial charge in [-0.15, -0.1) is 0 Å². The van der Waals surface area contributed by atoms with Crippen LogP contribution >= 0.6 is 0 Å². The summed E-state index contributed by atoms with van der Waals surface area (Å²) in [5.74, 6) is 0.964. The van der Waals surface area contributed by atoms with Crippen LogP contribution in [0.3, 0.4) is 0 Å². The first-order valence-corrected chi connectivity index (χ1v) is 7.81. The minimum absolute atomic E-state index is 0.562. The van der Waals surface area contributed by atoms with Crippen molar-refractivity contribution in [3.8, 4) is 0 Å². The van der Waals surface area contributed by atoms with Crippen molar-refractivity contribution in [3.05, 3.63) is 29.3 Å². The van der Waals surface area contributed by atoms with Gasteiger partial charge in [0.1, 0.15) is 0 Å². The standard InChI is InChI=1S/C17H26N2/c1-13(18-2)11-15-7-4-8-17-16(15)9-10-19(17)12-14-5-3-6-14/h4,7-8,13-14,18H,3,5-6,9-12H2,1-2H3. The Labute approximate surface area is 117 Å². The van der Waals surface area contributed by atoms with Crippen molar-refractivity contribution in [2.45, 2.75) is 45.1 Å². The number of hydrogen-bond donors (Lipinski definition) is 1. The number of hydrogen-bond acceptors (Lipinski definition) is 2. The molecule has 0 amide bonds. The molecule has 2 aliphatic rings. The second-order valence-electron chi connectivity index (χ2n) is 6.30. The molecule has 2 heteroatoms. The zero-order valence-corrected chi connectivity index (χ0v) is 12.3. The summed E-state index contributed by atoms with van der Waals surface area (Å²) in [7, 11) is 2.05. The van der Waals surface area contributed by atoms with Crippen molar-refractivity contribution in [1.29, 1.82) is 0 Å². The highest BCUT2D eigenvalue weighted by Crippen LogP contribution is 2.35. The van der Waals surface area contributed by atoms with E-state index in [-0.39, 0.29) is 0 Å². The molecule has 1 atom stereocenters. The predicted octanol–water partition coefficient (Wildman–Crippen LogP) is 3.00. The summed E-state index contributed by atoms with van der Waals surface area (Å²) >= 11 is 0. The van der Waals surface area contributed by atoms with Crippen LogP contribution in [0.15, 0.2) is 18.2 Å². The van der Waals surface area contributed by atoms with E-state index in [1.807, 2.05) is 0 Å². The largest absolute Gasteiger partial charge is 0.371 e. The number of likely N-dealkylation sites (N-methyl/N-ethyl adjacent to an activating group) is 1. The molecule has 0 bridgehead atoms. The van der Waals surface area contributed by atoms with Crippen molar-refractivity contribution in [1.82, 2.24) is 5.32 Å². The monoisotopic (exact) mass is 258 g/mol. The van der Waals surface area contributed by atoms with Gasteiger partial charge in [0, 0.05) is 24.8 Å². The van der Waals surface area contributed by atoms with Crippen LogP contribution in [0.2, 0.25) is 0 Å². The van der Waals surface area contributed by atoms with E-state index in [2.05, 4.69) is 42.4 Å². The van der Waals surface area contributed by atoms with Crippen LogP contribution in [0.25, 0.3) is 0 Å². The Hall–Kier alpha value is -1.02. The maximum Gasteiger partial charge on any atom is 0.0402 e. The zero-order valence-electron chi connectivity index (χ0n) is 12.3. The van der Waals surface area contributed by atoms with E-state index in [4.69, 9.17) is 0 Å². The summed E-state index contributed by atoms with van der Waals surface area (Å²) in [4.78, 5) is 2.63. The summed E-state index contributed by atoms with van der Waals surface area (Å²) in [6, 6.07) is 7.45. The zero-order chi connectivity index (χ0) is 13.2. The quantitative estimate of drug-likeness (QED) is 0.873. The lowest BCUT2D eigenvalue weighted by molar-refractivity contribution is 0.319. The average Bonchev–Trinajstić information content (AvgIpc) is 2.78. The van der Waals surface area contributed by atoms with E-state index in [0.29, 0.717) is 6.04 Å². The predicted molar refractivity (Wildman–Crippen MR) is 81.9 cm³/mol. The second-order valence-corrected chi connectivity index (χ2v) is 6.30. The van der Waals surface area contributed by atoms with Gasteiger partial charge in [-0.2, -0.15) is 0 Å². The molecule has 1 heterocycles. The van der Waals surface area contributed by atoms with Gasteiger partial charge in [-0.05, 0) is 62.8 Å². The molecule has 0 spiro atoms. The van der Waals surface area contributed by atoms with E-state index in [1.54, 1.807) is 11.1 Å². The Morgan fingerprint density at radius 2 is 2.21 bits per heavy atom. The third-order valence-electron chi connectivity index (χ3n) is 4.94. The highest BCUT2D eigenvalue weighted by atomic mass is 15.1. The summed E-state index contributed by atoms with van der Waals surface area (Å²) < 4.78 is 0. The van der Waals surface area contributed by atoms with Gasteiger partial charge >= 0.3 is 0 Å². The first-order valence-electron chi connectivity index (χ1n) is 7.81. The normalized spacial score (nSPS) is 20.2. The molecule has 0 aromatic heterocycles. The first kappa shape index (κ1) is 13.0. The molecule has 1 aliphatic carbocycles. The van der Waals surface area contributed by atoms with E-state index < -0.39 is 0 Å². The van der Waals surface area contributed by atoms with E-state index in [1.165, 1.54) is 44.5 Å². The van der Waals surface area contributed by atoms with Crippen molar-refractivity contribution < 1.29 is 0 Å². The van der Waals surface area contributed by atoms with Gasteiger partial charge in [0.2, 0.25) is 0 Å². The maximum absolute atomic E-state index is 3.35. The summed E-state index contributed by atoms with van der Waals surface area (Å²) in [6.45, 7) is 4.79. The number of anilines is 1. The lowest BCUT2D eigenvalue weighted by Crippen LogP contribution is -2.31.